The molecule has 0 aromatic carbocycles. The number of aromatic nitrogens is 2. The zero-order valence-corrected chi connectivity index (χ0v) is 8.78. The lowest BCUT2D eigenvalue weighted by atomic mass is 10.5. The molecule has 74 valence electrons. The van der Waals surface area contributed by atoms with E-state index in [-0.39, 0.29) is 0 Å². The Morgan fingerprint density at radius 2 is 2.27 bits per heavy atom. The van der Waals surface area contributed by atoms with Crippen molar-refractivity contribution in [2.75, 3.05) is 0 Å². The summed E-state index contributed by atoms with van der Waals surface area (Å²) in [5, 5.41) is 9.30. The second-order valence-corrected chi connectivity index (χ2v) is 3.86. The molecule has 0 spiro atoms. The molecule has 2 rings (SSSR count). The van der Waals surface area contributed by atoms with Crippen molar-refractivity contribution >= 4 is 11.8 Å². The summed E-state index contributed by atoms with van der Waals surface area (Å²) in [4.78, 5) is 9.04. The van der Waals surface area contributed by atoms with E-state index < -0.39 is 0 Å². The first-order chi connectivity index (χ1) is 7.29. The Balaban J connectivity index is 2.19. The van der Waals surface area contributed by atoms with Gasteiger partial charge in [-0.1, -0.05) is 11.8 Å². The Bertz CT molecular complexity index is 498. The largest absolute Gasteiger partial charge is 0.468 e. The topological polar surface area (TPSA) is 62.7 Å². The second-order valence-electron chi connectivity index (χ2n) is 2.79. The minimum Gasteiger partial charge on any atom is -0.468 e. The Morgan fingerprint density at radius 1 is 1.40 bits per heavy atom. The number of furan rings is 1. The molecular formula is C10H7N3OS. The molecule has 0 radical (unpaired) electrons. The third-order valence-corrected chi connectivity index (χ3v) is 2.83. The van der Waals surface area contributed by atoms with Crippen LogP contribution in [-0.2, 0) is 0 Å². The summed E-state index contributed by atoms with van der Waals surface area (Å²) in [5.41, 5.74) is 0.322. The van der Waals surface area contributed by atoms with Gasteiger partial charge >= 0.3 is 0 Å². The van der Waals surface area contributed by atoms with E-state index in [2.05, 4.69) is 9.97 Å². The van der Waals surface area contributed by atoms with Crippen LogP contribution in [0, 0.1) is 18.3 Å². The third-order valence-electron chi connectivity index (χ3n) is 1.77. The lowest BCUT2D eigenvalue weighted by molar-refractivity contribution is 0.527. The number of hydrogen-bond acceptors (Lipinski definition) is 5. The number of hydrogen-bond donors (Lipinski definition) is 0. The molecular weight excluding hydrogens is 210 g/mol. The Labute approximate surface area is 91.0 Å². The average Bonchev–Trinajstić information content (AvgIpc) is 2.66. The highest BCUT2D eigenvalue weighted by Crippen LogP contribution is 2.28. The zero-order chi connectivity index (χ0) is 10.7. The highest BCUT2D eigenvalue weighted by molar-refractivity contribution is 7.99. The normalized spacial score (nSPS) is 9.87. The molecule has 0 N–H and O–H groups in total. The third kappa shape index (κ3) is 2.17. The van der Waals surface area contributed by atoms with Crippen molar-refractivity contribution in [1.82, 2.24) is 9.97 Å². The molecule has 0 aliphatic rings. The predicted octanol–water partition coefficient (Wildman–Crippen LogP) is 2.40. The minimum absolute atomic E-state index is 0.322. The molecule has 0 unspecified atom stereocenters. The van der Waals surface area contributed by atoms with Gasteiger partial charge in [-0.25, -0.2) is 9.97 Å². The van der Waals surface area contributed by atoms with Gasteiger partial charge in [0.15, 0.2) is 5.69 Å². The van der Waals surface area contributed by atoms with Crippen molar-refractivity contribution in [2.24, 2.45) is 0 Å². The second kappa shape index (κ2) is 4.15. The van der Waals surface area contributed by atoms with E-state index in [1.807, 2.05) is 19.1 Å². The van der Waals surface area contributed by atoms with Crippen LogP contribution < -0.4 is 0 Å². The van der Waals surface area contributed by atoms with E-state index in [4.69, 9.17) is 9.68 Å². The molecule has 2 aromatic rings. The maximum Gasteiger partial charge on any atom is 0.158 e. The van der Waals surface area contributed by atoms with Gasteiger partial charge < -0.3 is 4.42 Å². The molecule has 0 saturated heterocycles. The first kappa shape index (κ1) is 9.74. The summed E-state index contributed by atoms with van der Waals surface area (Å²) in [6, 6.07) is 3.80. The van der Waals surface area contributed by atoms with Crippen molar-refractivity contribution in [1.29, 1.82) is 5.26 Å². The van der Waals surface area contributed by atoms with Crippen LogP contribution in [0.5, 0.6) is 0 Å². The van der Waals surface area contributed by atoms with Crippen molar-refractivity contribution in [3.8, 4) is 6.07 Å². The van der Waals surface area contributed by atoms with Gasteiger partial charge in [-0.2, -0.15) is 5.26 Å². The maximum atomic E-state index is 8.55. The zero-order valence-electron chi connectivity index (χ0n) is 7.97. The number of nitrogens with zero attached hydrogens (tertiary/aromatic N) is 3. The monoisotopic (exact) mass is 217 g/mol. The lowest BCUT2D eigenvalue weighted by Gasteiger charge is -1.97. The highest BCUT2D eigenvalue weighted by atomic mass is 32.2. The van der Waals surface area contributed by atoms with Gasteiger partial charge in [-0.05, 0) is 13.0 Å². The van der Waals surface area contributed by atoms with E-state index in [0.717, 1.165) is 15.7 Å². The lowest BCUT2D eigenvalue weighted by Crippen LogP contribution is -1.86. The summed E-state index contributed by atoms with van der Waals surface area (Å²) in [6.45, 7) is 1.89. The van der Waals surface area contributed by atoms with Crippen molar-refractivity contribution in [3.63, 3.8) is 0 Å². The van der Waals surface area contributed by atoms with Crippen LogP contribution in [0.25, 0.3) is 0 Å². The van der Waals surface area contributed by atoms with Gasteiger partial charge in [0.2, 0.25) is 0 Å². The number of aryl methyl sites for hydroxylation is 1. The predicted molar refractivity (Wildman–Crippen MR) is 54.3 cm³/mol. The van der Waals surface area contributed by atoms with Crippen molar-refractivity contribution in [2.45, 2.75) is 16.8 Å². The van der Waals surface area contributed by atoms with Crippen LogP contribution >= 0.6 is 11.8 Å². The van der Waals surface area contributed by atoms with E-state index in [0.29, 0.717) is 5.69 Å². The number of nitriles is 1. The standard InChI is InChI=1S/C10H7N3OS/c1-7-9(2-3-14-7)15-10-6-12-8(4-11)5-13-10/h2-3,5-6H,1H3. The summed E-state index contributed by atoms with van der Waals surface area (Å²) in [5.74, 6) is 0.853. The molecule has 4 nitrogen and oxygen atoms in total. The van der Waals surface area contributed by atoms with Crippen LogP contribution in [0.2, 0.25) is 0 Å². The van der Waals surface area contributed by atoms with Gasteiger partial charge in [0, 0.05) is 0 Å². The fraction of sp³-hybridized carbons (Fsp3) is 0.100. The Hall–Kier alpha value is -1.80. The van der Waals surface area contributed by atoms with Gasteiger partial charge in [0.25, 0.3) is 0 Å². The molecule has 0 aliphatic carbocycles. The van der Waals surface area contributed by atoms with Gasteiger partial charge in [-0.15, -0.1) is 0 Å². The van der Waals surface area contributed by atoms with E-state index in [1.54, 1.807) is 12.5 Å². The summed E-state index contributed by atoms with van der Waals surface area (Å²) in [6.07, 6.45) is 4.67. The van der Waals surface area contributed by atoms with Gasteiger partial charge in [0.1, 0.15) is 16.9 Å². The van der Waals surface area contributed by atoms with Crippen LogP contribution in [-0.4, -0.2) is 9.97 Å². The van der Waals surface area contributed by atoms with Gasteiger partial charge in [0.05, 0.1) is 23.6 Å². The molecule has 0 aliphatic heterocycles. The van der Waals surface area contributed by atoms with Crippen LogP contribution in [0.15, 0.2) is 39.1 Å². The van der Waals surface area contributed by atoms with Crippen LogP contribution in [0.1, 0.15) is 11.5 Å². The van der Waals surface area contributed by atoms with Crippen molar-refractivity contribution in [3.05, 3.63) is 36.2 Å². The molecule has 2 heterocycles. The fourth-order valence-electron chi connectivity index (χ4n) is 1.02. The molecule has 0 amide bonds. The molecule has 0 fully saturated rings. The smallest absolute Gasteiger partial charge is 0.158 e. The van der Waals surface area contributed by atoms with Crippen LogP contribution in [0.4, 0.5) is 0 Å². The highest BCUT2D eigenvalue weighted by Gasteiger charge is 2.04. The summed E-state index contributed by atoms with van der Waals surface area (Å²) >= 11 is 1.46. The van der Waals surface area contributed by atoms with E-state index >= 15 is 0 Å². The summed E-state index contributed by atoms with van der Waals surface area (Å²) < 4.78 is 5.16. The molecule has 2 aromatic heterocycles. The SMILES string of the molecule is Cc1occc1Sc1cnc(C#N)cn1. The minimum atomic E-state index is 0.322. The summed E-state index contributed by atoms with van der Waals surface area (Å²) in [7, 11) is 0. The van der Waals surface area contributed by atoms with E-state index in [9.17, 15) is 0 Å². The van der Waals surface area contributed by atoms with Gasteiger partial charge in [-0.3, -0.25) is 0 Å². The Kier molecular flexibility index (Phi) is 2.70. The first-order valence-corrected chi connectivity index (χ1v) is 5.05. The number of rotatable bonds is 2. The molecule has 0 bridgehead atoms. The Morgan fingerprint density at radius 3 is 2.80 bits per heavy atom. The fourth-order valence-corrected chi connectivity index (χ4v) is 1.77. The van der Waals surface area contributed by atoms with E-state index in [1.165, 1.54) is 18.0 Å². The maximum absolute atomic E-state index is 8.55. The molecule has 0 saturated carbocycles. The molecule has 15 heavy (non-hydrogen) atoms. The quantitative estimate of drug-likeness (QED) is 0.772. The molecule has 5 heteroatoms. The average molecular weight is 217 g/mol. The molecule has 0 atom stereocenters. The first-order valence-electron chi connectivity index (χ1n) is 4.23. The van der Waals surface area contributed by atoms with Crippen LogP contribution in [0.3, 0.4) is 0 Å². The van der Waals surface area contributed by atoms with Crippen molar-refractivity contribution < 1.29 is 4.42 Å².